The molecule has 1 atom stereocenters. The van der Waals surface area contributed by atoms with Crippen LogP contribution in [0.1, 0.15) is 54.2 Å². The van der Waals surface area contributed by atoms with Crippen molar-refractivity contribution in [1.29, 1.82) is 0 Å². The van der Waals surface area contributed by atoms with E-state index < -0.39 is 23.0 Å². The van der Waals surface area contributed by atoms with Crippen molar-refractivity contribution in [3.8, 4) is 11.5 Å². The maximum atomic E-state index is 12.4. The highest BCUT2D eigenvalue weighted by atomic mass is 16.5. The Morgan fingerprint density at radius 2 is 2.00 bits per heavy atom. The lowest BCUT2D eigenvalue weighted by atomic mass is 9.90. The summed E-state index contributed by atoms with van der Waals surface area (Å²) in [4.78, 5) is 26.4. The first-order valence-electron chi connectivity index (χ1n) is 10.1. The summed E-state index contributed by atoms with van der Waals surface area (Å²) < 4.78 is 11.2. The molecule has 1 aliphatic rings. The molecule has 0 spiro atoms. The Bertz CT molecular complexity index is 949. The van der Waals surface area contributed by atoms with Crippen LogP contribution < -0.4 is 15.9 Å². The van der Waals surface area contributed by atoms with Gasteiger partial charge in [0.25, 0.3) is 0 Å². The lowest BCUT2D eigenvalue weighted by Crippen LogP contribution is -2.29. The molecule has 0 aliphatic carbocycles. The Kier molecular flexibility index (Phi) is 7.12. The molecule has 1 aromatic carbocycles. The zero-order valence-electron chi connectivity index (χ0n) is 17.1. The van der Waals surface area contributed by atoms with E-state index in [1.54, 1.807) is 18.2 Å². The van der Waals surface area contributed by atoms with Crippen LogP contribution >= 0.6 is 0 Å². The summed E-state index contributed by atoms with van der Waals surface area (Å²) in [5.41, 5.74) is 5.97. The summed E-state index contributed by atoms with van der Waals surface area (Å²) in [6.07, 6.45) is 3.21. The van der Waals surface area contributed by atoms with E-state index in [0.29, 0.717) is 29.2 Å². The number of aliphatic hydroxyl groups is 1. The lowest BCUT2D eigenvalue weighted by molar-refractivity contribution is -0.118. The number of hydrogen-bond donors (Lipinski definition) is 3. The van der Waals surface area contributed by atoms with Gasteiger partial charge in [-0.15, -0.1) is 0 Å². The summed E-state index contributed by atoms with van der Waals surface area (Å²) in [6.45, 7) is 2.02. The second-order valence-corrected chi connectivity index (χ2v) is 7.58. The van der Waals surface area contributed by atoms with Crippen LogP contribution in [-0.2, 0) is 17.9 Å². The molecule has 1 saturated heterocycles. The van der Waals surface area contributed by atoms with Crippen molar-refractivity contribution >= 4 is 5.91 Å². The van der Waals surface area contributed by atoms with Gasteiger partial charge < -0.3 is 25.1 Å². The van der Waals surface area contributed by atoms with E-state index in [2.05, 4.69) is 4.90 Å². The number of rotatable bonds is 8. The number of nitrogens with two attached hydrogens (primary N) is 1. The van der Waals surface area contributed by atoms with Gasteiger partial charge >= 0.3 is 0 Å². The smallest absolute Gasteiger partial charge is 0.227 e. The first kappa shape index (κ1) is 21.9. The number of carbonyl (C=O) groups is 1. The number of carbonyl (C=O) groups excluding carboxylic acids is 1. The second kappa shape index (κ2) is 9.77. The number of amides is 1. The number of methoxy groups -OCH3 is 1. The van der Waals surface area contributed by atoms with Crippen molar-refractivity contribution in [2.75, 3.05) is 20.2 Å². The van der Waals surface area contributed by atoms with E-state index in [4.69, 9.17) is 14.9 Å². The van der Waals surface area contributed by atoms with Gasteiger partial charge in [0.05, 0.1) is 26.2 Å². The molecule has 30 heavy (non-hydrogen) atoms. The van der Waals surface area contributed by atoms with Crippen molar-refractivity contribution in [2.24, 2.45) is 5.73 Å². The van der Waals surface area contributed by atoms with Gasteiger partial charge in [0, 0.05) is 18.1 Å². The number of primary amides is 1. The summed E-state index contributed by atoms with van der Waals surface area (Å²) in [7, 11) is 1.49. The predicted octanol–water partition coefficient (Wildman–Crippen LogP) is 1.84. The van der Waals surface area contributed by atoms with Crippen LogP contribution in [0.3, 0.4) is 0 Å². The fourth-order valence-corrected chi connectivity index (χ4v) is 3.91. The van der Waals surface area contributed by atoms with Gasteiger partial charge in [0.1, 0.15) is 11.5 Å². The lowest BCUT2D eigenvalue weighted by Gasteiger charge is -2.26. The van der Waals surface area contributed by atoms with Gasteiger partial charge in [0.15, 0.2) is 5.76 Å². The van der Waals surface area contributed by atoms with E-state index in [1.807, 2.05) is 0 Å². The molecule has 0 unspecified atom stereocenters. The van der Waals surface area contributed by atoms with Crippen molar-refractivity contribution in [1.82, 2.24) is 4.90 Å². The molecule has 1 fully saturated rings. The quantitative estimate of drug-likeness (QED) is 0.599. The van der Waals surface area contributed by atoms with Crippen LogP contribution in [-0.4, -0.2) is 41.2 Å². The second-order valence-electron chi connectivity index (χ2n) is 7.58. The van der Waals surface area contributed by atoms with Gasteiger partial charge in [-0.25, -0.2) is 0 Å². The number of likely N-dealkylation sites (tertiary alicyclic amines) is 1. The Balaban J connectivity index is 2.03. The molecule has 1 amide bonds. The number of piperidine rings is 1. The number of hydrogen-bond acceptors (Lipinski definition) is 7. The summed E-state index contributed by atoms with van der Waals surface area (Å²) in [6, 6.07) is 6.30. The minimum Gasteiger partial charge on any atom is -0.502 e. The highest BCUT2D eigenvalue weighted by Gasteiger charge is 2.26. The Morgan fingerprint density at radius 1 is 1.27 bits per heavy atom. The molecular formula is C22H28N2O6. The molecule has 3 rings (SSSR count). The Morgan fingerprint density at radius 3 is 2.63 bits per heavy atom. The molecule has 2 aromatic rings. The van der Waals surface area contributed by atoms with Crippen LogP contribution in [0.25, 0.3) is 0 Å². The van der Waals surface area contributed by atoms with E-state index in [-0.39, 0.29) is 18.8 Å². The monoisotopic (exact) mass is 416 g/mol. The molecule has 162 valence electrons. The average molecular weight is 416 g/mol. The summed E-state index contributed by atoms with van der Waals surface area (Å²) in [5, 5.41) is 20.1. The van der Waals surface area contributed by atoms with Crippen LogP contribution in [0.5, 0.6) is 11.5 Å². The topological polar surface area (TPSA) is 126 Å². The Labute approximate surface area is 174 Å². The maximum absolute atomic E-state index is 12.4. The molecule has 1 aromatic heterocycles. The molecular weight excluding hydrogens is 388 g/mol. The third kappa shape index (κ3) is 5.01. The molecule has 4 N–H and O–H groups in total. The van der Waals surface area contributed by atoms with E-state index in [0.717, 1.165) is 25.9 Å². The standard InChI is InChI=1S/C22H28N2O6/c1-29-19-6-5-14(9-15(19)13-25)17(11-20(23)27)22-21(28)18(26)10-16(30-22)12-24-7-3-2-4-8-24/h5-6,9-10,17,25,28H,2-4,7-8,11-13H2,1H3,(H2,23,27)/t17-/m0/s1. The molecule has 2 heterocycles. The van der Waals surface area contributed by atoms with Crippen LogP contribution in [0.4, 0.5) is 0 Å². The predicted molar refractivity (Wildman–Crippen MR) is 110 cm³/mol. The van der Waals surface area contributed by atoms with E-state index in [1.165, 1.54) is 19.6 Å². The number of aliphatic hydroxyl groups excluding tert-OH is 1. The van der Waals surface area contributed by atoms with Gasteiger partial charge in [-0.05, 0) is 43.6 Å². The number of ether oxygens (including phenoxy) is 1. The number of benzene rings is 1. The summed E-state index contributed by atoms with van der Waals surface area (Å²) >= 11 is 0. The van der Waals surface area contributed by atoms with Crippen LogP contribution in [0.2, 0.25) is 0 Å². The molecule has 0 radical (unpaired) electrons. The fourth-order valence-electron chi connectivity index (χ4n) is 3.91. The molecule has 1 aliphatic heterocycles. The third-order valence-corrected chi connectivity index (χ3v) is 5.43. The van der Waals surface area contributed by atoms with Gasteiger partial charge in [-0.1, -0.05) is 12.5 Å². The largest absolute Gasteiger partial charge is 0.502 e. The summed E-state index contributed by atoms with van der Waals surface area (Å²) in [5.74, 6) is -0.992. The van der Waals surface area contributed by atoms with Crippen LogP contribution in [0.15, 0.2) is 33.5 Å². The van der Waals surface area contributed by atoms with Gasteiger partial charge in [-0.3, -0.25) is 14.5 Å². The SMILES string of the molecule is COc1ccc([C@H](CC(N)=O)c2oc(CN3CCCCC3)cc(=O)c2O)cc1CO. The normalized spacial score (nSPS) is 15.7. The van der Waals surface area contributed by atoms with Crippen molar-refractivity contribution in [2.45, 2.75) is 44.8 Å². The average Bonchev–Trinajstić information content (AvgIpc) is 2.74. The zero-order valence-corrected chi connectivity index (χ0v) is 17.1. The van der Waals surface area contributed by atoms with Gasteiger partial charge in [-0.2, -0.15) is 0 Å². The van der Waals surface area contributed by atoms with Crippen molar-refractivity contribution in [3.05, 3.63) is 57.1 Å². The highest BCUT2D eigenvalue weighted by Crippen LogP contribution is 2.35. The number of aromatic hydroxyl groups is 1. The highest BCUT2D eigenvalue weighted by molar-refractivity contribution is 5.75. The molecule has 0 saturated carbocycles. The minimum atomic E-state index is -0.771. The molecule has 0 bridgehead atoms. The van der Waals surface area contributed by atoms with Crippen molar-refractivity contribution < 1.29 is 24.2 Å². The minimum absolute atomic E-state index is 0.00219. The van der Waals surface area contributed by atoms with Gasteiger partial charge in [0.2, 0.25) is 17.1 Å². The maximum Gasteiger partial charge on any atom is 0.227 e. The fraction of sp³-hybridized carbons (Fsp3) is 0.455. The first-order valence-corrected chi connectivity index (χ1v) is 10.1. The van der Waals surface area contributed by atoms with E-state index >= 15 is 0 Å². The Hall–Kier alpha value is -2.84. The van der Waals surface area contributed by atoms with Crippen LogP contribution in [0, 0.1) is 0 Å². The zero-order chi connectivity index (χ0) is 21.7. The molecule has 8 nitrogen and oxygen atoms in total. The van der Waals surface area contributed by atoms with Crippen molar-refractivity contribution in [3.63, 3.8) is 0 Å². The molecule has 8 heteroatoms. The first-order chi connectivity index (χ1) is 14.4. The number of nitrogens with zero attached hydrogens (tertiary/aromatic N) is 1. The third-order valence-electron chi connectivity index (χ3n) is 5.43. The van der Waals surface area contributed by atoms with E-state index in [9.17, 15) is 19.8 Å².